The minimum atomic E-state index is -1.08. The summed E-state index contributed by atoms with van der Waals surface area (Å²) in [6.45, 7) is 3.19. The highest BCUT2D eigenvalue weighted by Crippen LogP contribution is 2.41. The summed E-state index contributed by atoms with van der Waals surface area (Å²) in [5, 5.41) is 3.47. The van der Waals surface area contributed by atoms with E-state index in [2.05, 4.69) is 46.6 Å². The van der Waals surface area contributed by atoms with Gasteiger partial charge in [-0.25, -0.2) is 4.39 Å². The van der Waals surface area contributed by atoms with Crippen LogP contribution in [0.25, 0.3) is 0 Å². The summed E-state index contributed by atoms with van der Waals surface area (Å²) in [7, 11) is 0. The predicted molar refractivity (Wildman–Crippen MR) is 106 cm³/mol. The van der Waals surface area contributed by atoms with Gasteiger partial charge in [-0.15, -0.1) is 0 Å². The summed E-state index contributed by atoms with van der Waals surface area (Å²) in [4.78, 5) is 2.21. The summed E-state index contributed by atoms with van der Waals surface area (Å²) in [5.41, 5.74) is 1.46. The normalized spacial score (nSPS) is 24.6. The lowest BCUT2D eigenvalue weighted by molar-refractivity contribution is -0.0236. The molecule has 0 bridgehead atoms. The van der Waals surface area contributed by atoms with Crippen molar-refractivity contribution in [1.82, 2.24) is 10.2 Å². The summed E-state index contributed by atoms with van der Waals surface area (Å²) in [5.74, 6) is 0.557. The van der Waals surface area contributed by atoms with E-state index in [0.29, 0.717) is 44.7 Å². The van der Waals surface area contributed by atoms with Gasteiger partial charge in [0.05, 0.1) is 13.3 Å². The van der Waals surface area contributed by atoms with E-state index in [4.69, 9.17) is 4.74 Å². The molecule has 4 heteroatoms. The minimum absolute atomic E-state index is 0.437. The maximum atomic E-state index is 15.1. The molecule has 27 heavy (non-hydrogen) atoms. The van der Waals surface area contributed by atoms with E-state index in [9.17, 15) is 0 Å². The lowest BCUT2D eigenvalue weighted by Gasteiger charge is -2.36. The van der Waals surface area contributed by atoms with Gasteiger partial charge in [0, 0.05) is 31.6 Å². The number of alkyl halides is 1. The molecule has 0 unspecified atom stereocenters. The van der Waals surface area contributed by atoms with Crippen LogP contribution in [0.1, 0.15) is 36.3 Å². The van der Waals surface area contributed by atoms with Crippen molar-refractivity contribution in [3.8, 4) is 0 Å². The van der Waals surface area contributed by atoms with Crippen molar-refractivity contribution in [2.75, 3.05) is 26.4 Å². The lowest BCUT2D eigenvalue weighted by atomic mass is 9.93. The highest BCUT2D eigenvalue weighted by molar-refractivity contribution is 5.27. The minimum Gasteiger partial charge on any atom is -0.361 e. The zero-order chi connectivity index (χ0) is 18.5. The Balaban J connectivity index is 1.14. The molecule has 2 aliphatic rings. The fourth-order valence-electron chi connectivity index (χ4n) is 3.93. The van der Waals surface area contributed by atoms with Gasteiger partial charge in [0.15, 0.2) is 0 Å². The topological polar surface area (TPSA) is 24.5 Å². The van der Waals surface area contributed by atoms with E-state index in [0.717, 1.165) is 19.5 Å². The van der Waals surface area contributed by atoms with Crippen LogP contribution in [0, 0.1) is 0 Å². The number of nitrogens with zero attached hydrogens (tertiary/aromatic N) is 1. The number of halogens is 1. The number of rotatable bonds is 8. The van der Waals surface area contributed by atoms with Crippen molar-refractivity contribution < 1.29 is 9.13 Å². The fourth-order valence-corrected chi connectivity index (χ4v) is 3.93. The Morgan fingerprint density at radius 1 is 1.00 bits per heavy atom. The van der Waals surface area contributed by atoms with Crippen molar-refractivity contribution in [2.45, 2.75) is 43.5 Å². The Morgan fingerprint density at radius 2 is 1.67 bits per heavy atom. The van der Waals surface area contributed by atoms with Crippen LogP contribution in [0.4, 0.5) is 4.39 Å². The highest BCUT2D eigenvalue weighted by atomic mass is 19.1. The van der Waals surface area contributed by atoms with Crippen LogP contribution in [0.5, 0.6) is 0 Å². The first-order valence-corrected chi connectivity index (χ1v) is 10.0. The monoisotopic (exact) mass is 368 g/mol. The number of hydrogen-bond acceptors (Lipinski definition) is 3. The molecule has 1 aliphatic heterocycles. The van der Waals surface area contributed by atoms with Crippen molar-refractivity contribution in [3.63, 3.8) is 0 Å². The van der Waals surface area contributed by atoms with E-state index in [1.54, 1.807) is 0 Å². The van der Waals surface area contributed by atoms with Gasteiger partial charge < -0.3 is 10.1 Å². The molecule has 0 aromatic heterocycles. The summed E-state index contributed by atoms with van der Waals surface area (Å²) < 4.78 is 20.9. The zero-order valence-corrected chi connectivity index (χ0v) is 15.8. The van der Waals surface area contributed by atoms with Gasteiger partial charge in [-0.1, -0.05) is 60.7 Å². The molecule has 2 fully saturated rings. The molecular formula is C23H29FN2O. The van der Waals surface area contributed by atoms with Gasteiger partial charge in [0.1, 0.15) is 5.67 Å². The molecule has 1 N–H and O–H groups in total. The first kappa shape index (κ1) is 18.6. The van der Waals surface area contributed by atoms with Gasteiger partial charge in [-0.05, 0) is 30.4 Å². The van der Waals surface area contributed by atoms with Crippen molar-refractivity contribution in [2.24, 2.45) is 0 Å². The largest absolute Gasteiger partial charge is 0.361 e. The number of nitrogens with one attached hydrogen (secondary N) is 1. The van der Waals surface area contributed by atoms with Crippen LogP contribution in [-0.2, 0) is 11.3 Å². The maximum Gasteiger partial charge on any atom is 0.125 e. The average molecular weight is 368 g/mol. The van der Waals surface area contributed by atoms with Crippen LogP contribution in [0.3, 0.4) is 0 Å². The highest BCUT2D eigenvalue weighted by Gasteiger charge is 2.41. The molecule has 1 saturated heterocycles. The molecule has 1 heterocycles. The van der Waals surface area contributed by atoms with E-state index >= 15 is 4.39 Å². The number of benzene rings is 2. The molecule has 0 amide bonds. The van der Waals surface area contributed by atoms with Gasteiger partial charge in [-0.2, -0.15) is 0 Å². The van der Waals surface area contributed by atoms with Crippen molar-refractivity contribution in [3.05, 3.63) is 71.8 Å². The number of piperidine rings is 1. The van der Waals surface area contributed by atoms with Gasteiger partial charge in [-0.3, -0.25) is 4.90 Å². The third kappa shape index (κ3) is 5.16. The number of likely N-dealkylation sites (tertiary alicyclic amines) is 1. The first-order valence-electron chi connectivity index (χ1n) is 10.0. The van der Waals surface area contributed by atoms with Gasteiger partial charge >= 0.3 is 0 Å². The SMILES string of the molecule is FC1(CN[C@@H]2C[C@H]2c2ccccc2)CCN(COCc2ccccc2)CC1. The Bertz CT molecular complexity index is 701. The van der Waals surface area contributed by atoms with Gasteiger partial charge in [0.25, 0.3) is 0 Å². The van der Waals surface area contributed by atoms with Crippen LogP contribution in [-0.4, -0.2) is 43.0 Å². The Labute approximate surface area is 161 Å². The van der Waals surface area contributed by atoms with Crippen molar-refractivity contribution in [1.29, 1.82) is 0 Å². The lowest BCUT2D eigenvalue weighted by Crippen LogP contribution is -2.48. The third-order valence-electron chi connectivity index (χ3n) is 5.84. The molecule has 0 radical (unpaired) electrons. The molecule has 2 aromatic rings. The fraction of sp³-hybridized carbons (Fsp3) is 0.478. The third-order valence-corrected chi connectivity index (χ3v) is 5.84. The molecule has 144 valence electrons. The first-order chi connectivity index (χ1) is 13.2. The zero-order valence-electron chi connectivity index (χ0n) is 15.8. The summed E-state index contributed by atoms with van der Waals surface area (Å²) in [6.07, 6.45) is 2.29. The Morgan fingerprint density at radius 3 is 2.37 bits per heavy atom. The molecule has 3 nitrogen and oxygen atoms in total. The summed E-state index contributed by atoms with van der Waals surface area (Å²) in [6, 6.07) is 21.2. The van der Waals surface area contributed by atoms with Crippen LogP contribution >= 0.6 is 0 Å². The quantitative estimate of drug-likeness (QED) is 0.759. The average Bonchev–Trinajstić information content (AvgIpc) is 3.50. The number of hydrogen-bond donors (Lipinski definition) is 1. The molecule has 2 atom stereocenters. The molecular weight excluding hydrogens is 339 g/mol. The second-order valence-corrected chi connectivity index (χ2v) is 7.97. The second kappa shape index (κ2) is 8.51. The van der Waals surface area contributed by atoms with Crippen molar-refractivity contribution >= 4 is 0 Å². The van der Waals surface area contributed by atoms with E-state index < -0.39 is 5.67 Å². The smallest absolute Gasteiger partial charge is 0.125 e. The molecule has 0 spiro atoms. The van der Waals surface area contributed by atoms with Crippen LogP contribution in [0.15, 0.2) is 60.7 Å². The Hall–Kier alpha value is -1.75. The number of ether oxygens (including phenoxy) is 1. The summed E-state index contributed by atoms with van der Waals surface area (Å²) >= 11 is 0. The molecule has 4 rings (SSSR count). The van der Waals surface area contributed by atoms with Crippen LogP contribution < -0.4 is 5.32 Å². The van der Waals surface area contributed by atoms with E-state index in [1.165, 1.54) is 11.1 Å². The van der Waals surface area contributed by atoms with Crippen LogP contribution in [0.2, 0.25) is 0 Å². The van der Waals surface area contributed by atoms with E-state index in [-0.39, 0.29) is 0 Å². The molecule has 1 saturated carbocycles. The van der Waals surface area contributed by atoms with Gasteiger partial charge in [0.2, 0.25) is 0 Å². The molecule has 2 aromatic carbocycles. The predicted octanol–water partition coefficient (Wildman–Crippen LogP) is 4.11. The maximum absolute atomic E-state index is 15.1. The van der Waals surface area contributed by atoms with E-state index in [1.807, 2.05) is 24.3 Å². The standard InChI is InChI=1S/C23H29FN2O/c24-23(17-25-22-15-21(22)20-9-5-2-6-10-20)11-13-26(14-12-23)18-27-16-19-7-3-1-4-8-19/h1-10,21-22,25H,11-18H2/t21-,22+/m0/s1. The molecule has 1 aliphatic carbocycles. The second-order valence-electron chi connectivity index (χ2n) is 7.97. The Kier molecular flexibility index (Phi) is 5.86.